The summed E-state index contributed by atoms with van der Waals surface area (Å²) < 4.78 is 58.8. The number of imidazole rings is 1. The minimum Gasteiger partial charge on any atom is -0.382 e. The van der Waals surface area contributed by atoms with Crippen molar-refractivity contribution in [2.24, 2.45) is 0 Å². The van der Waals surface area contributed by atoms with Gasteiger partial charge < -0.3 is 38.4 Å². The molecule has 0 aromatic carbocycles. The predicted octanol–water partition coefficient (Wildman–Crippen LogP) is 1.51. The highest BCUT2D eigenvalue weighted by atomic mass is 31.1. The number of anilines is 1. The molecule has 3 unspecified atom stereocenters. The summed E-state index contributed by atoms with van der Waals surface area (Å²) in [5.74, 6) is 0.203. The Morgan fingerprint density at radius 2 is 1.95 bits per heavy atom. The summed E-state index contributed by atoms with van der Waals surface area (Å²) in [6.07, 6.45) is 4.78. The standard InChI is InChI=1S/C21H34N8O9P2/c1-33-11-15-17(38-39(30)31)18(21(37-15)29-13-25-16-19(22)23-12-24-20(16)29)35-10-14-9-28(27-26-14)7-5-3-4-6-8-36-40(32)34-2/h9,12-13,15,17-18,21,39-40H,3-8,10-11H2,1-2H3,(H,30,31)(H2,22,23,24)/t15-,17?,18+,21-/m1/s1. The lowest BCUT2D eigenvalue weighted by Crippen LogP contribution is -2.37. The summed E-state index contributed by atoms with van der Waals surface area (Å²) in [4.78, 5) is 22.1. The van der Waals surface area contributed by atoms with E-state index in [1.807, 2.05) is 0 Å². The lowest BCUT2D eigenvalue weighted by Gasteiger charge is -2.23. The van der Waals surface area contributed by atoms with Crippen molar-refractivity contribution in [1.29, 1.82) is 0 Å². The first-order chi connectivity index (χ1) is 19.4. The molecule has 4 heterocycles. The van der Waals surface area contributed by atoms with Gasteiger partial charge in [0.05, 0.1) is 32.3 Å². The lowest BCUT2D eigenvalue weighted by atomic mass is 10.1. The van der Waals surface area contributed by atoms with Crippen LogP contribution in [0.15, 0.2) is 18.9 Å². The van der Waals surface area contributed by atoms with Crippen LogP contribution in [-0.4, -0.2) is 85.2 Å². The van der Waals surface area contributed by atoms with Crippen LogP contribution in [0.1, 0.15) is 37.6 Å². The molecule has 0 saturated carbocycles. The zero-order chi connectivity index (χ0) is 28.5. The Labute approximate surface area is 231 Å². The highest BCUT2D eigenvalue weighted by molar-refractivity contribution is 7.33. The third kappa shape index (κ3) is 7.90. The zero-order valence-electron chi connectivity index (χ0n) is 22.1. The molecule has 40 heavy (non-hydrogen) atoms. The number of nitrogen functional groups attached to an aromatic ring is 1. The highest BCUT2D eigenvalue weighted by Crippen LogP contribution is 2.39. The molecule has 0 spiro atoms. The average Bonchev–Trinajstić information content (AvgIpc) is 3.65. The number of nitrogens with two attached hydrogens (primary N) is 1. The molecule has 1 fully saturated rings. The normalized spacial score (nSPS) is 22.7. The molecule has 3 aromatic heterocycles. The van der Waals surface area contributed by atoms with Crippen molar-refractivity contribution in [1.82, 2.24) is 34.5 Å². The molecule has 222 valence electrons. The summed E-state index contributed by atoms with van der Waals surface area (Å²) in [6, 6.07) is 0. The summed E-state index contributed by atoms with van der Waals surface area (Å²) >= 11 is 0. The zero-order valence-corrected chi connectivity index (χ0v) is 24.1. The highest BCUT2D eigenvalue weighted by Gasteiger charge is 2.48. The molecule has 0 amide bonds. The van der Waals surface area contributed by atoms with Gasteiger partial charge >= 0.3 is 16.5 Å². The molecule has 6 atom stereocenters. The minimum absolute atomic E-state index is 0.0379. The molecule has 1 aliphatic rings. The first-order valence-electron chi connectivity index (χ1n) is 12.6. The summed E-state index contributed by atoms with van der Waals surface area (Å²) in [6.45, 7) is 1.19. The van der Waals surface area contributed by atoms with Gasteiger partial charge in [0.2, 0.25) is 0 Å². The third-order valence-electron chi connectivity index (χ3n) is 6.19. The molecule has 0 bridgehead atoms. The molecule has 1 aliphatic heterocycles. The Morgan fingerprint density at radius 1 is 1.12 bits per heavy atom. The van der Waals surface area contributed by atoms with Gasteiger partial charge in [-0.25, -0.2) is 15.0 Å². The average molecular weight is 604 g/mol. The van der Waals surface area contributed by atoms with Gasteiger partial charge in [0, 0.05) is 20.8 Å². The van der Waals surface area contributed by atoms with Gasteiger partial charge in [0.1, 0.15) is 35.8 Å². The van der Waals surface area contributed by atoms with E-state index in [4.69, 9.17) is 29.0 Å². The lowest BCUT2D eigenvalue weighted by molar-refractivity contribution is -0.0776. The van der Waals surface area contributed by atoms with Crippen molar-refractivity contribution in [3.63, 3.8) is 0 Å². The van der Waals surface area contributed by atoms with E-state index in [9.17, 15) is 14.0 Å². The second-order valence-electron chi connectivity index (χ2n) is 8.92. The number of nitrogens with zero attached hydrogens (tertiary/aromatic N) is 7. The number of rotatable bonds is 17. The molecular formula is C21H34N8O9P2. The largest absolute Gasteiger partial charge is 0.382 e. The fourth-order valence-corrected chi connectivity index (χ4v) is 5.31. The van der Waals surface area contributed by atoms with Gasteiger partial charge in [-0.05, 0) is 12.8 Å². The number of hydrogen-bond acceptors (Lipinski definition) is 14. The van der Waals surface area contributed by atoms with Crippen molar-refractivity contribution in [3.8, 4) is 0 Å². The van der Waals surface area contributed by atoms with Gasteiger partial charge in [0.15, 0.2) is 17.7 Å². The van der Waals surface area contributed by atoms with Crippen LogP contribution in [0.3, 0.4) is 0 Å². The maximum absolute atomic E-state index is 11.7. The van der Waals surface area contributed by atoms with Gasteiger partial charge in [-0.2, -0.15) is 0 Å². The van der Waals surface area contributed by atoms with Crippen LogP contribution in [-0.2, 0) is 50.1 Å². The number of methoxy groups -OCH3 is 1. The number of hydrogen-bond donors (Lipinski definition) is 2. The topological polar surface area (TPSA) is 210 Å². The van der Waals surface area contributed by atoms with Crippen molar-refractivity contribution in [3.05, 3.63) is 24.5 Å². The summed E-state index contributed by atoms with van der Waals surface area (Å²) in [5, 5.41) is 8.34. The smallest absolute Gasteiger partial charge is 0.318 e. The SMILES string of the molecule is COC[C@H]1O[C@@H](n2cnc3c(N)ncnc32)[C@@H](OCc2cn(CCCCCCO[PH](=O)OC)nn2)C1O[PH](=O)O. The van der Waals surface area contributed by atoms with Crippen LogP contribution in [0.4, 0.5) is 5.82 Å². The summed E-state index contributed by atoms with van der Waals surface area (Å²) in [5.41, 5.74) is 7.29. The van der Waals surface area contributed by atoms with E-state index in [-0.39, 0.29) is 19.0 Å². The Hall–Kier alpha value is -2.33. The monoisotopic (exact) mass is 604 g/mol. The van der Waals surface area contributed by atoms with Gasteiger partial charge in [0.25, 0.3) is 0 Å². The second-order valence-corrected chi connectivity index (χ2v) is 10.9. The van der Waals surface area contributed by atoms with E-state index in [1.54, 1.807) is 15.4 Å². The number of ether oxygens (including phenoxy) is 3. The Bertz CT molecular complexity index is 1280. The van der Waals surface area contributed by atoms with Crippen molar-refractivity contribution < 1.29 is 41.8 Å². The maximum Gasteiger partial charge on any atom is 0.318 e. The molecule has 4 rings (SSSR count). The first-order valence-corrected chi connectivity index (χ1v) is 15.1. The molecule has 0 radical (unpaired) electrons. The van der Waals surface area contributed by atoms with Gasteiger partial charge in [-0.1, -0.05) is 18.1 Å². The second kappa shape index (κ2) is 15.1. The Balaban J connectivity index is 1.39. The third-order valence-corrected chi connectivity index (χ3v) is 7.44. The van der Waals surface area contributed by atoms with Crippen molar-refractivity contribution in [2.75, 3.05) is 33.2 Å². The fraction of sp³-hybridized carbons (Fsp3) is 0.667. The molecule has 0 aliphatic carbocycles. The summed E-state index contributed by atoms with van der Waals surface area (Å²) in [7, 11) is -2.86. The van der Waals surface area contributed by atoms with E-state index in [0.717, 1.165) is 25.7 Å². The minimum atomic E-state index is -3.34. The molecule has 17 nitrogen and oxygen atoms in total. The van der Waals surface area contributed by atoms with Gasteiger partial charge in [-0.3, -0.25) is 18.4 Å². The number of unbranched alkanes of at least 4 members (excludes halogenated alkanes) is 3. The number of fused-ring (bicyclic) bond motifs is 1. The van der Waals surface area contributed by atoms with Crippen molar-refractivity contribution >= 4 is 33.5 Å². The van der Waals surface area contributed by atoms with Crippen LogP contribution >= 0.6 is 16.5 Å². The quantitative estimate of drug-likeness (QED) is 0.165. The predicted molar refractivity (Wildman–Crippen MR) is 141 cm³/mol. The molecule has 1 saturated heterocycles. The molecule has 3 N–H and O–H groups in total. The van der Waals surface area contributed by atoms with Crippen LogP contribution in [0.2, 0.25) is 0 Å². The maximum atomic E-state index is 11.7. The van der Waals surface area contributed by atoms with E-state index in [1.165, 1.54) is 26.9 Å². The Kier molecular flexibility index (Phi) is 11.5. The van der Waals surface area contributed by atoms with Crippen LogP contribution in [0, 0.1) is 0 Å². The fourth-order valence-electron chi connectivity index (χ4n) is 4.36. The van der Waals surface area contributed by atoms with Gasteiger partial charge in [-0.15, -0.1) is 5.10 Å². The number of aromatic nitrogens is 7. The van der Waals surface area contributed by atoms with Crippen molar-refractivity contribution in [2.45, 2.75) is 63.4 Å². The molecule has 3 aromatic rings. The first kappa shape index (κ1) is 30.6. The molecule has 19 heteroatoms. The van der Waals surface area contributed by atoms with Crippen LogP contribution < -0.4 is 5.73 Å². The van der Waals surface area contributed by atoms with E-state index in [2.05, 4.69) is 29.8 Å². The van der Waals surface area contributed by atoms with E-state index < -0.39 is 41.0 Å². The Morgan fingerprint density at radius 3 is 2.73 bits per heavy atom. The van der Waals surface area contributed by atoms with Crippen LogP contribution in [0.25, 0.3) is 11.2 Å². The molecular weight excluding hydrogens is 570 g/mol. The van der Waals surface area contributed by atoms with Crippen LogP contribution in [0.5, 0.6) is 0 Å². The number of aryl methyl sites for hydroxylation is 1. The van der Waals surface area contributed by atoms with E-state index in [0.29, 0.717) is 30.0 Å². The van der Waals surface area contributed by atoms with E-state index >= 15 is 0 Å².